The number of likely N-dealkylation sites (N-methyl/N-ethyl adjacent to an activating group) is 1. The quantitative estimate of drug-likeness (QED) is 0.879. The Bertz CT molecular complexity index is 423. The largest absolute Gasteiger partial charge is 0.445 e. The highest BCUT2D eigenvalue weighted by atomic mass is 32.1. The van der Waals surface area contributed by atoms with Gasteiger partial charge < -0.3 is 10.0 Å². The third-order valence-corrected chi connectivity index (χ3v) is 3.01. The molecule has 0 aliphatic carbocycles. The lowest BCUT2D eigenvalue weighted by atomic mass is 10.3. The zero-order valence-corrected chi connectivity index (χ0v) is 10.3. The fourth-order valence-electron chi connectivity index (χ4n) is 0.891. The highest BCUT2D eigenvalue weighted by Gasteiger charge is 2.35. The van der Waals surface area contributed by atoms with Crippen LogP contribution in [0.5, 0.6) is 0 Å². The average molecular weight is 284 g/mol. The van der Waals surface area contributed by atoms with E-state index in [1.165, 1.54) is 7.05 Å². The van der Waals surface area contributed by atoms with Crippen LogP contribution in [0.3, 0.4) is 0 Å². The Morgan fingerprint density at radius 3 is 2.61 bits per heavy atom. The molecule has 0 aromatic carbocycles. The number of carbonyl (C=O) groups is 1. The molecule has 0 radical (unpaired) electrons. The van der Waals surface area contributed by atoms with Gasteiger partial charge in [0.1, 0.15) is 0 Å². The number of hydrogen-bond donors (Lipinski definition) is 2. The standard InChI is InChI=1S/C8H11F3N4O2S/c1-4(3-16)15(2)7(17)12-6-14-13-5(18-6)8(9,10)11/h4,16H,3H2,1-2H3,(H,12,14,17). The first-order chi connectivity index (χ1) is 8.25. The fourth-order valence-corrected chi connectivity index (χ4v) is 1.49. The van der Waals surface area contributed by atoms with Gasteiger partial charge in [-0.05, 0) is 6.92 Å². The molecule has 1 aromatic heterocycles. The van der Waals surface area contributed by atoms with Crippen molar-refractivity contribution in [3.05, 3.63) is 5.01 Å². The highest BCUT2D eigenvalue weighted by molar-refractivity contribution is 7.15. The van der Waals surface area contributed by atoms with Gasteiger partial charge in [0.25, 0.3) is 0 Å². The summed E-state index contributed by atoms with van der Waals surface area (Å²) in [6, 6.07) is -1.12. The summed E-state index contributed by atoms with van der Waals surface area (Å²) in [5, 5.41) is 15.8. The number of aromatic nitrogens is 2. The molecule has 0 saturated heterocycles. The van der Waals surface area contributed by atoms with Gasteiger partial charge in [-0.3, -0.25) is 5.32 Å². The van der Waals surface area contributed by atoms with E-state index >= 15 is 0 Å². The summed E-state index contributed by atoms with van der Waals surface area (Å²) in [5.41, 5.74) is 0. The number of aliphatic hydroxyl groups excluding tert-OH is 1. The van der Waals surface area contributed by atoms with Gasteiger partial charge in [0.15, 0.2) is 0 Å². The Hall–Kier alpha value is -1.42. The minimum absolute atomic E-state index is 0.237. The van der Waals surface area contributed by atoms with E-state index in [-0.39, 0.29) is 23.1 Å². The molecule has 2 N–H and O–H groups in total. The van der Waals surface area contributed by atoms with Crippen LogP contribution in [0.15, 0.2) is 0 Å². The number of alkyl halides is 3. The first kappa shape index (κ1) is 14.6. The summed E-state index contributed by atoms with van der Waals surface area (Å²) in [6.07, 6.45) is -4.58. The van der Waals surface area contributed by atoms with Gasteiger partial charge in [0, 0.05) is 7.05 Å². The molecule has 0 bridgehead atoms. The van der Waals surface area contributed by atoms with Gasteiger partial charge in [0.05, 0.1) is 12.6 Å². The van der Waals surface area contributed by atoms with Gasteiger partial charge >= 0.3 is 12.2 Å². The number of nitrogens with zero attached hydrogens (tertiary/aromatic N) is 3. The number of halogens is 3. The van der Waals surface area contributed by atoms with Crippen molar-refractivity contribution in [3.8, 4) is 0 Å². The van der Waals surface area contributed by atoms with Gasteiger partial charge in [0.2, 0.25) is 10.1 Å². The minimum atomic E-state index is -4.58. The molecule has 10 heteroatoms. The van der Waals surface area contributed by atoms with E-state index in [1.807, 2.05) is 0 Å². The first-order valence-corrected chi connectivity index (χ1v) is 5.62. The second-order valence-electron chi connectivity index (χ2n) is 3.48. The molecule has 1 aromatic rings. The molecule has 18 heavy (non-hydrogen) atoms. The van der Waals surface area contributed by atoms with Crippen molar-refractivity contribution in [3.63, 3.8) is 0 Å². The lowest BCUT2D eigenvalue weighted by molar-refractivity contribution is -0.138. The molecule has 0 aliphatic rings. The molecular weight excluding hydrogens is 273 g/mol. The van der Waals surface area contributed by atoms with Crippen LogP contribution >= 0.6 is 11.3 Å². The molecule has 2 amide bonds. The highest BCUT2D eigenvalue weighted by Crippen LogP contribution is 2.32. The Kier molecular flexibility index (Phi) is 4.46. The van der Waals surface area contributed by atoms with E-state index in [1.54, 1.807) is 6.92 Å². The van der Waals surface area contributed by atoms with Crippen molar-refractivity contribution in [1.82, 2.24) is 15.1 Å². The van der Waals surface area contributed by atoms with Crippen molar-refractivity contribution in [1.29, 1.82) is 0 Å². The van der Waals surface area contributed by atoms with Crippen molar-refractivity contribution in [2.75, 3.05) is 19.0 Å². The Morgan fingerprint density at radius 2 is 2.17 bits per heavy atom. The third kappa shape index (κ3) is 3.53. The zero-order chi connectivity index (χ0) is 13.9. The molecule has 1 rings (SSSR count). The van der Waals surface area contributed by atoms with E-state index in [0.29, 0.717) is 0 Å². The predicted octanol–water partition coefficient (Wildman–Crippen LogP) is 1.40. The number of urea groups is 1. The predicted molar refractivity (Wildman–Crippen MR) is 58.2 cm³/mol. The van der Waals surface area contributed by atoms with Crippen molar-refractivity contribution >= 4 is 22.5 Å². The van der Waals surface area contributed by atoms with Crippen LogP contribution in [0.1, 0.15) is 11.9 Å². The van der Waals surface area contributed by atoms with E-state index in [9.17, 15) is 18.0 Å². The number of hydrogen-bond acceptors (Lipinski definition) is 5. The summed E-state index contributed by atoms with van der Waals surface area (Å²) in [4.78, 5) is 12.7. The zero-order valence-electron chi connectivity index (χ0n) is 9.52. The maximum Gasteiger partial charge on any atom is 0.445 e. The molecule has 1 unspecified atom stereocenters. The summed E-state index contributed by atoms with van der Waals surface area (Å²) in [6.45, 7) is 1.33. The van der Waals surface area contributed by atoms with E-state index in [2.05, 4.69) is 15.5 Å². The second-order valence-corrected chi connectivity index (χ2v) is 4.46. The second kappa shape index (κ2) is 5.48. The fraction of sp³-hybridized carbons (Fsp3) is 0.625. The van der Waals surface area contributed by atoms with Crippen LogP contribution in [0, 0.1) is 0 Å². The van der Waals surface area contributed by atoms with E-state index < -0.39 is 23.3 Å². The summed E-state index contributed by atoms with van der Waals surface area (Å²) < 4.78 is 36.7. The molecule has 0 saturated carbocycles. The van der Waals surface area contributed by atoms with Crippen LogP contribution in [0.4, 0.5) is 23.1 Å². The van der Waals surface area contributed by atoms with E-state index in [0.717, 1.165) is 4.90 Å². The first-order valence-electron chi connectivity index (χ1n) is 4.81. The molecular formula is C8H11F3N4O2S. The summed E-state index contributed by atoms with van der Waals surface area (Å²) >= 11 is 0.237. The normalized spacial score (nSPS) is 13.2. The average Bonchev–Trinajstić information content (AvgIpc) is 2.75. The molecule has 0 aliphatic heterocycles. The summed E-state index contributed by atoms with van der Waals surface area (Å²) in [5.74, 6) is 0. The maximum atomic E-state index is 12.2. The summed E-state index contributed by atoms with van der Waals surface area (Å²) in [7, 11) is 1.40. The maximum absolute atomic E-state index is 12.2. The molecule has 6 nitrogen and oxygen atoms in total. The SMILES string of the molecule is CC(CO)N(C)C(=O)Nc1nnc(C(F)(F)F)s1. The number of anilines is 1. The van der Waals surface area contributed by atoms with Gasteiger partial charge in [-0.2, -0.15) is 13.2 Å². The molecule has 1 heterocycles. The van der Waals surface area contributed by atoms with Crippen LogP contribution in [-0.4, -0.2) is 45.9 Å². The van der Waals surface area contributed by atoms with Crippen LogP contribution in [0.2, 0.25) is 0 Å². The topological polar surface area (TPSA) is 78.4 Å². The monoisotopic (exact) mass is 284 g/mol. The van der Waals surface area contributed by atoms with E-state index in [4.69, 9.17) is 5.11 Å². The lowest BCUT2D eigenvalue weighted by Crippen LogP contribution is -2.40. The number of carbonyl (C=O) groups excluding carboxylic acids is 1. The van der Waals surface area contributed by atoms with Gasteiger partial charge in [-0.25, -0.2) is 4.79 Å². The number of nitrogens with one attached hydrogen (secondary N) is 1. The van der Waals surface area contributed by atoms with Crippen molar-refractivity contribution in [2.24, 2.45) is 0 Å². The number of rotatable bonds is 3. The molecule has 1 atom stereocenters. The van der Waals surface area contributed by atoms with Crippen LogP contribution in [0.25, 0.3) is 0 Å². The van der Waals surface area contributed by atoms with Crippen molar-refractivity contribution < 1.29 is 23.1 Å². The Morgan fingerprint density at radius 1 is 1.56 bits per heavy atom. The smallest absolute Gasteiger partial charge is 0.394 e. The minimum Gasteiger partial charge on any atom is -0.394 e. The number of amides is 2. The molecule has 0 spiro atoms. The lowest BCUT2D eigenvalue weighted by Gasteiger charge is -2.22. The van der Waals surface area contributed by atoms with Gasteiger partial charge in [-0.1, -0.05) is 11.3 Å². The van der Waals surface area contributed by atoms with Crippen molar-refractivity contribution in [2.45, 2.75) is 19.1 Å². The Labute approximate surface area is 104 Å². The number of aliphatic hydroxyl groups is 1. The van der Waals surface area contributed by atoms with Crippen LogP contribution < -0.4 is 5.32 Å². The molecule has 0 fully saturated rings. The Balaban J connectivity index is 2.68. The third-order valence-electron chi connectivity index (χ3n) is 2.13. The van der Waals surface area contributed by atoms with Crippen LogP contribution in [-0.2, 0) is 6.18 Å². The molecule has 102 valence electrons. The van der Waals surface area contributed by atoms with Gasteiger partial charge in [-0.15, -0.1) is 10.2 Å².